The Balaban J connectivity index is 1.77. The van der Waals surface area contributed by atoms with Gasteiger partial charge in [0.05, 0.1) is 21.3 Å². The molecular weight excluding hydrogens is 474 g/mol. The number of unbranched alkanes of at least 4 members (excludes halogenated alkanes) is 7. The maximum Gasteiger partial charge on any atom is 0.0991 e. The van der Waals surface area contributed by atoms with Crippen molar-refractivity contribution in [3.63, 3.8) is 0 Å². The van der Waals surface area contributed by atoms with Crippen LogP contribution < -0.4 is 0 Å². The summed E-state index contributed by atoms with van der Waals surface area (Å²) in [4.78, 5) is 0.358. The molecule has 0 aliphatic rings. The highest BCUT2D eigenvalue weighted by atomic mass is 79.9. The predicted octanol–water partition coefficient (Wildman–Crippen LogP) is 8.81. The van der Waals surface area contributed by atoms with E-state index in [4.69, 9.17) is 5.26 Å². The van der Waals surface area contributed by atoms with Crippen LogP contribution in [0.1, 0.15) is 90.2 Å². The second-order valence-electron chi connectivity index (χ2n) is 7.50. The fourth-order valence-corrected chi connectivity index (χ4v) is 4.63. The van der Waals surface area contributed by atoms with E-state index in [2.05, 4.69) is 69.1 Å². The number of halogens is 2. The standard InChI is InChI=1S/C25H31Br2N/c1-2-3-4-5-6-7-8-9-10-20-11-15-22(16-12-20)24(26)25(27)23-17-13-21(19-28)14-18-23/h11-18,24-25H,2-10H2,1H3. The first-order valence-corrected chi connectivity index (χ1v) is 12.4. The molecule has 2 aromatic carbocycles. The zero-order valence-electron chi connectivity index (χ0n) is 16.8. The normalized spacial score (nSPS) is 13.1. The molecule has 0 saturated heterocycles. The van der Waals surface area contributed by atoms with E-state index in [9.17, 15) is 0 Å². The van der Waals surface area contributed by atoms with Crippen LogP contribution in [0.25, 0.3) is 0 Å². The molecule has 0 N–H and O–H groups in total. The lowest BCUT2D eigenvalue weighted by molar-refractivity contribution is 0.575. The van der Waals surface area contributed by atoms with Crippen molar-refractivity contribution >= 4 is 31.9 Å². The first-order chi connectivity index (χ1) is 13.7. The molecule has 2 aromatic rings. The van der Waals surface area contributed by atoms with Gasteiger partial charge in [-0.3, -0.25) is 0 Å². The van der Waals surface area contributed by atoms with Gasteiger partial charge in [0.1, 0.15) is 0 Å². The number of alkyl halides is 2. The van der Waals surface area contributed by atoms with Crippen LogP contribution in [0, 0.1) is 11.3 Å². The van der Waals surface area contributed by atoms with E-state index in [1.165, 1.54) is 74.5 Å². The average molecular weight is 505 g/mol. The molecule has 0 radical (unpaired) electrons. The third-order valence-electron chi connectivity index (χ3n) is 5.23. The predicted molar refractivity (Wildman–Crippen MR) is 127 cm³/mol. The molecule has 1 nitrogen and oxygen atoms in total. The summed E-state index contributed by atoms with van der Waals surface area (Å²) < 4.78 is 0. The minimum Gasteiger partial charge on any atom is -0.192 e. The first kappa shape index (κ1) is 23.2. The van der Waals surface area contributed by atoms with Crippen molar-refractivity contribution in [1.82, 2.24) is 0 Å². The van der Waals surface area contributed by atoms with Crippen molar-refractivity contribution in [2.75, 3.05) is 0 Å². The van der Waals surface area contributed by atoms with Gasteiger partial charge < -0.3 is 0 Å². The Kier molecular flexibility index (Phi) is 10.9. The molecule has 0 heterocycles. The Morgan fingerprint density at radius 3 is 1.68 bits per heavy atom. The second kappa shape index (κ2) is 13.2. The van der Waals surface area contributed by atoms with Crippen LogP contribution >= 0.6 is 31.9 Å². The number of hydrogen-bond acceptors (Lipinski definition) is 1. The van der Waals surface area contributed by atoms with Crippen molar-refractivity contribution in [3.05, 3.63) is 70.8 Å². The average Bonchev–Trinajstić information content (AvgIpc) is 2.75. The highest BCUT2D eigenvalue weighted by Crippen LogP contribution is 2.42. The summed E-state index contributed by atoms with van der Waals surface area (Å²) in [6.45, 7) is 2.27. The van der Waals surface area contributed by atoms with E-state index in [0.29, 0.717) is 5.56 Å². The van der Waals surface area contributed by atoms with Crippen molar-refractivity contribution in [3.8, 4) is 6.07 Å². The molecule has 0 fully saturated rings. The van der Waals surface area contributed by atoms with Gasteiger partial charge in [0.2, 0.25) is 0 Å². The fourth-order valence-electron chi connectivity index (χ4n) is 3.41. The minimum absolute atomic E-state index is 0.166. The zero-order chi connectivity index (χ0) is 20.2. The second-order valence-corrected chi connectivity index (χ2v) is 9.48. The SMILES string of the molecule is CCCCCCCCCCc1ccc(C(Br)C(Br)c2ccc(C#N)cc2)cc1. The Hall–Kier alpha value is -1.11. The van der Waals surface area contributed by atoms with Gasteiger partial charge in [-0.05, 0) is 41.7 Å². The van der Waals surface area contributed by atoms with Gasteiger partial charge in [-0.2, -0.15) is 5.26 Å². The first-order valence-electron chi connectivity index (χ1n) is 10.5. The van der Waals surface area contributed by atoms with E-state index in [1.807, 2.05) is 24.3 Å². The van der Waals surface area contributed by atoms with Crippen LogP contribution in [0.2, 0.25) is 0 Å². The van der Waals surface area contributed by atoms with Crippen LogP contribution in [0.4, 0.5) is 0 Å². The van der Waals surface area contributed by atoms with Gasteiger partial charge in [0, 0.05) is 0 Å². The summed E-state index contributed by atoms with van der Waals surface area (Å²) in [5.41, 5.74) is 4.56. The van der Waals surface area contributed by atoms with Crippen LogP contribution in [-0.2, 0) is 6.42 Å². The van der Waals surface area contributed by atoms with Gasteiger partial charge in [-0.15, -0.1) is 0 Å². The maximum atomic E-state index is 8.94. The Bertz CT molecular complexity index is 716. The lowest BCUT2D eigenvalue weighted by atomic mass is 10.00. The number of benzene rings is 2. The lowest BCUT2D eigenvalue weighted by Crippen LogP contribution is -2.00. The summed E-state index contributed by atoms with van der Waals surface area (Å²) in [5, 5.41) is 8.94. The number of rotatable bonds is 12. The number of aryl methyl sites for hydroxylation is 1. The molecule has 0 aliphatic heterocycles. The summed E-state index contributed by atoms with van der Waals surface area (Å²) in [7, 11) is 0. The molecule has 2 unspecified atom stereocenters. The van der Waals surface area contributed by atoms with Gasteiger partial charge >= 0.3 is 0 Å². The summed E-state index contributed by atoms with van der Waals surface area (Å²) in [6.07, 6.45) is 12.1. The third-order valence-corrected chi connectivity index (χ3v) is 8.06. The minimum atomic E-state index is 0.166. The molecule has 150 valence electrons. The highest BCUT2D eigenvalue weighted by Gasteiger charge is 2.19. The Morgan fingerprint density at radius 2 is 1.18 bits per heavy atom. The maximum absolute atomic E-state index is 8.94. The lowest BCUT2D eigenvalue weighted by Gasteiger charge is -2.18. The summed E-state index contributed by atoms with van der Waals surface area (Å²) in [6, 6.07) is 18.9. The molecule has 0 spiro atoms. The van der Waals surface area contributed by atoms with Crippen LogP contribution in [-0.4, -0.2) is 0 Å². The van der Waals surface area contributed by atoms with Gasteiger partial charge in [0.25, 0.3) is 0 Å². The molecule has 0 bridgehead atoms. The van der Waals surface area contributed by atoms with Crippen molar-refractivity contribution in [2.45, 2.75) is 74.4 Å². The van der Waals surface area contributed by atoms with Crippen LogP contribution in [0.3, 0.4) is 0 Å². The summed E-state index contributed by atoms with van der Waals surface area (Å²) in [5.74, 6) is 0. The van der Waals surface area contributed by atoms with Gasteiger partial charge in [0.15, 0.2) is 0 Å². The van der Waals surface area contributed by atoms with Crippen molar-refractivity contribution < 1.29 is 0 Å². The smallest absolute Gasteiger partial charge is 0.0991 e. The van der Waals surface area contributed by atoms with E-state index >= 15 is 0 Å². The molecule has 0 aliphatic carbocycles. The molecule has 2 atom stereocenters. The molecule has 0 amide bonds. The fraction of sp³-hybridized carbons (Fsp3) is 0.480. The number of nitrogens with zero attached hydrogens (tertiary/aromatic N) is 1. The van der Waals surface area contributed by atoms with Crippen LogP contribution in [0.5, 0.6) is 0 Å². The highest BCUT2D eigenvalue weighted by molar-refractivity contribution is 9.12. The molecular formula is C25H31Br2N. The quantitative estimate of drug-likeness (QED) is 0.209. The topological polar surface area (TPSA) is 23.8 Å². The van der Waals surface area contributed by atoms with Gasteiger partial charge in [-0.25, -0.2) is 0 Å². The molecule has 0 aromatic heterocycles. The number of hydrogen-bond donors (Lipinski definition) is 0. The molecule has 0 saturated carbocycles. The van der Waals surface area contributed by atoms with E-state index < -0.39 is 0 Å². The van der Waals surface area contributed by atoms with E-state index in [0.717, 1.165) is 0 Å². The Labute approximate surface area is 187 Å². The zero-order valence-corrected chi connectivity index (χ0v) is 20.0. The van der Waals surface area contributed by atoms with Crippen molar-refractivity contribution in [1.29, 1.82) is 5.26 Å². The molecule has 3 heteroatoms. The van der Waals surface area contributed by atoms with Crippen LogP contribution in [0.15, 0.2) is 48.5 Å². The third kappa shape index (κ3) is 7.72. The van der Waals surface area contributed by atoms with E-state index in [1.54, 1.807) is 0 Å². The van der Waals surface area contributed by atoms with Crippen molar-refractivity contribution in [2.24, 2.45) is 0 Å². The van der Waals surface area contributed by atoms with Gasteiger partial charge in [-0.1, -0.05) is 120 Å². The Morgan fingerprint density at radius 1 is 0.714 bits per heavy atom. The number of nitriles is 1. The monoisotopic (exact) mass is 503 g/mol. The molecule has 2 rings (SSSR count). The molecule has 28 heavy (non-hydrogen) atoms. The largest absolute Gasteiger partial charge is 0.192 e. The van der Waals surface area contributed by atoms with E-state index in [-0.39, 0.29) is 9.65 Å². The summed E-state index contributed by atoms with van der Waals surface area (Å²) >= 11 is 7.64.